The molecule has 0 aliphatic carbocycles. The Balaban J connectivity index is 4.50. The summed E-state index contributed by atoms with van der Waals surface area (Å²) in [6.45, 7) is 29.3. The molecule has 0 spiro atoms. The lowest BCUT2D eigenvalue weighted by Gasteiger charge is -2.41. The predicted molar refractivity (Wildman–Crippen MR) is 339 cm³/mol. The molecule has 89 heavy (non-hydrogen) atoms. The number of amides is 11. The Kier molecular flexibility index (Phi) is 32.7. The van der Waals surface area contributed by atoms with Crippen LogP contribution in [0.1, 0.15) is 156 Å². The molecule has 25 heteroatoms. The molecule has 1 rings (SSSR count). The molecule has 0 aromatic heterocycles. The lowest BCUT2D eigenvalue weighted by molar-refractivity contribution is -0.162. The minimum absolute atomic E-state index is 0.00276. The summed E-state index contributed by atoms with van der Waals surface area (Å²) in [7, 11) is 10.4. The molecule has 1 unspecified atom stereocenters. The van der Waals surface area contributed by atoms with Crippen molar-refractivity contribution in [3.8, 4) is 0 Å². The maximum atomic E-state index is 15.2. The summed E-state index contributed by atoms with van der Waals surface area (Å²) in [4.78, 5) is 184. The number of hydrogen-bond donors (Lipinski definition) is 5. The van der Waals surface area contributed by atoms with Crippen LogP contribution in [-0.4, -0.2) is 239 Å². The van der Waals surface area contributed by atoms with Gasteiger partial charge in [-0.3, -0.25) is 52.7 Å². The van der Waals surface area contributed by atoms with Crippen LogP contribution in [-0.2, 0) is 62.3 Å². The first-order valence-electron chi connectivity index (χ1n) is 31.5. The number of aliphatic hydroxyl groups excluding tert-OH is 1. The molecule has 1 aliphatic rings. The molecule has 0 aromatic rings. The van der Waals surface area contributed by atoms with Crippen LogP contribution in [0.15, 0.2) is 12.2 Å². The quantitative estimate of drug-likeness (QED) is 0.0844. The Morgan fingerprint density at radius 1 is 0.472 bits per heavy atom. The molecule has 11 amide bonds. The summed E-state index contributed by atoms with van der Waals surface area (Å²) >= 11 is 0. The van der Waals surface area contributed by atoms with Gasteiger partial charge in [-0.1, -0.05) is 109 Å². The number of nitrogens with zero attached hydrogens (tertiary/aromatic N) is 7. The molecule has 0 saturated carbocycles. The van der Waals surface area contributed by atoms with Crippen molar-refractivity contribution in [3.63, 3.8) is 0 Å². The Bertz CT molecular complexity index is 2490. The largest absolute Gasteiger partial charge is 0.467 e. The third-order valence-electron chi connectivity index (χ3n) is 16.7. The van der Waals surface area contributed by atoms with Gasteiger partial charge in [-0.05, 0) is 101 Å². The molecule has 508 valence electrons. The standard InChI is InChI=1S/C64H113N11O14/c1-26-28-29-40(15)52(76)50-56(80)67-43(27-2)58(82)75(24)51(64(88)89-25)63(87)70(19)45(31-35(5)6)55(79)68-48(38(11)12)61(85)69(18)44(30-34(3)4)54(78)65-41(16)53(77)66-42(17)57(81)71(20)46(32-36(7)8)59(83)72(21)47(33-37(9)10)60(84)73(22)49(39(13)14)62(86)74(50)23/h26,28,34-52,76H,27,29-33H2,1-25H3,(H,65,78)(H,66,77)(H,67,80)(H,68,79)/b28-26+/t40-,41+,42-,43+,44+,45+,46+,47+,48+,49+,50+,51?,52-/m1/s1. The molecule has 1 aliphatic heterocycles. The molecular weight excluding hydrogens is 1150 g/mol. The molecular formula is C64H113N11O14. The van der Waals surface area contributed by atoms with E-state index in [0.717, 1.165) is 28.9 Å². The van der Waals surface area contributed by atoms with E-state index in [1.807, 2.05) is 41.5 Å². The van der Waals surface area contributed by atoms with E-state index < -0.39 is 161 Å². The monoisotopic (exact) mass is 1260 g/mol. The number of methoxy groups -OCH3 is 1. The normalized spacial score (nSPS) is 27.0. The van der Waals surface area contributed by atoms with Crippen molar-refractivity contribution >= 4 is 70.9 Å². The van der Waals surface area contributed by atoms with E-state index in [4.69, 9.17) is 4.74 Å². The van der Waals surface area contributed by atoms with Crippen LogP contribution in [0.25, 0.3) is 0 Å². The van der Waals surface area contributed by atoms with Crippen LogP contribution in [0, 0.1) is 41.4 Å². The second-order valence-corrected chi connectivity index (χ2v) is 26.7. The number of nitrogens with one attached hydrogen (secondary N) is 4. The van der Waals surface area contributed by atoms with Crippen molar-refractivity contribution in [2.24, 2.45) is 41.4 Å². The van der Waals surface area contributed by atoms with Crippen molar-refractivity contribution < 1.29 is 67.4 Å². The third-order valence-corrected chi connectivity index (χ3v) is 16.7. The fourth-order valence-electron chi connectivity index (χ4n) is 11.1. The van der Waals surface area contributed by atoms with E-state index in [1.165, 1.54) is 75.7 Å². The van der Waals surface area contributed by atoms with Crippen molar-refractivity contribution in [1.82, 2.24) is 55.6 Å². The summed E-state index contributed by atoms with van der Waals surface area (Å²) in [5.41, 5.74) is 0. The Morgan fingerprint density at radius 2 is 0.876 bits per heavy atom. The van der Waals surface area contributed by atoms with Gasteiger partial charge < -0.3 is 65.4 Å². The van der Waals surface area contributed by atoms with Crippen LogP contribution in [0.5, 0.6) is 0 Å². The van der Waals surface area contributed by atoms with Crippen molar-refractivity contribution in [1.29, 1.82) is 0 Å². The van der Waals surface area contributed by atoms with E-state index in [-0.39, 0.29) is 62.2 Å². The first-order chi connectivity index (χ1) is 41.1. The summed E-state index contributed by atoms with van der Waals surface area (Å²) in [5, 5.41) is 23.0. The molecule has 0 radical (unpaired) electrons. The number of allylic oxidation sites excluding steroid dienone is 2. The number of rotatable bonds is 16. The summed E-state index contributed by atoms with van der Waals surface area (Å²) in [5.74, 6) is -12.6. The lowest BCUT2D eigenvalue weighted by atomic mass is 9.91. The fourth-order valence-corrected chi connectivity index (χ4v) is 11.1. The maximum absolute atomic E-state index is 15.2. The molecule has 0 aromatic carbocycles. The maximum Gasteiger partial charge on any atom is 0.338 e. The number of likely N-dealkylation sites (N-methyl/N-ethyl adjacent to an activating group) is 7. The summed E-state index contributed by atoms with van der Waals surface area (Å²) < 4.78 is 5.09. The van der Waals surface area contributed by atoms with Crippen molar-refractivity contribution in [2.75, 3.05) is 56.4 Å². The van der Waals surface area contributed by atoms with Crippen LogP contribution in [0.2, 0.25) is 0 Å². The van der Waals surface area contributed by atoms with Gasteiger partial charge in [-0.15, -0.1) is 0 Å². The zero-order valence-corrected chi connectivity index (χ0v) is 58.3. The number of carbonyl (C=O) groups excluding carboxylic acids is 12. The summed E-state index contributed by atoms with van der Waals surface area (Å²) in [6, 6.07) is -15.3. The van der Waals surface area contributed by atoms with Crippen LogP contribution >= 0.6 is 0 Å². The smallest absolute Gasteiger partial charge is 0.338 e. The molecule has 0 bridgehead atoms. The van der Waals surface area contributed by atoms with Crippen LogP contribution in [0.4, 0.5) is 0 Å². The zero-order valence-electron chi connectivity index (χ0n) is 58.3. The van der Waals surface area contributed by atoms with Gasteiger partial charge in [-0.2, -0.15) is 0 Å². The highest BCUT2D eigenvalue weighted by Crippen LogP contribution is 2.26. The second kappa shape index (κ2) is 36.3. The molecule has 13 atom stereocenters. The highest BCUT2D eigenvalue weighted by atomic mass is 16.5. The predicted octanol–water partition coefficient (Wildman–Crippen LogP) is 2.81. The van der Waals surface area contributed by atoms with E-state index in [1.54, 1.807) is 74.5 Å². The average Bonchev–Trinajstić information content (AvgIpc) is 3.48. The zero-order chi connectivity index (χ0) is 69.1. The number of aliphatic hydroxyl groups is 1. The number of ether oxygens (including phenoxy) is 1. The number of esters is 1. The van der Waals surface area contributed by atoms with Gasteiger partial charge in [0, 0.05) is 49.3 Å². The molecule has 25 nitrogen and oxygen atoms in total. The fraction of sp³-hybridized carbons (Fsp3) is 0.781. The highest BCUT2D eigenvalue weighted by Gasteiger charge is 2.47. The van der Waals surface area contributed by atoms with E-state index in [0.29, 0.717) is 0 Å². The summed E-state index contributed by atoms with van der Waals surface area (Å²) in [6.07, 6.45) is 2.42. The topological polar surface area (TPSA) is 305 Å². The average molecular weight is 1260 g/mol. The minimum atomic E-state index is -2.04. The van der Waals surface area contributed by atoms with E-state index >= 15 is 9.59 Å². The van der Waals surface area contributed by atoms with Crippen molar-refractivity contribution in [3.05, 3.63) is 12.2 Å². The molecule has 1 saturated heterocycles. The minimum Gasteiger partial charge on any atom is -0.467 e. The Morgan fingerprint density at radius 3 is 1.30 bits per heavy atom. The van der Waals surface area contributed by atoms with Gasteiger partial charge in [0.25, 0.3) is 5.91 Å². The van der Waals surface area contributed by atoms with Gasteiger partial charge in [0.05, 0.1) is 13.2 Å². The van der Waals surface area contributed by atoms with Gasteiger partial charge in [0.15, 0.2) is 0 Å². The molecule has 5 N–H and O–H groups in total. The molecule has 1 heterocycles. The first-order valence-corrected chi connectivity index (χ1v) is 31.5. The lowest BCUT2D eigenvalue weighted by Crippen LogP contribution is -2.64. The number of carbonyl (C=O) groups is 12. The second-order valence-electron chi connectivity index (χ2n) is 26.7. The van der Waals surface area contributed by atoms with E-state index in [2.05, 4.69) is 21.3 Å². The Hall–Kier alpha value is -6.66. The SMILES string of the molecule is C/C=C/C[C@@H](C)[C@@H](O)[C@H]1C(=O)N[C@@H](CC)C(=O)N(C)C(C(=O)OC)C(=O)N(C)[C@@H](CC(C)C)C(=O)N[C@@H](C(C)C)C(=O)N(C)[C@@H](CC(C)C)C(=O)N[C@@H](C)C(=O)N[C@H](C)C(=O)N(C)[C@@H](CC(C)C)C(=O)N(C)[C@@H](CC(C)C)C(=O)N(C)[C@@H](C(C)C)C(=O)N1C. The highest BCUT2D eigenvalue weighted by molar-refractivity contribution is 6.07. The van der Waals surface area contributed by atoms with Gasteiger partial charge >= 0.3 is 5.97 Å². The van der Waals surface area contributed by atoms with E-state index in [9.17, 15) is 53.1 Å². The third kappa shape index (κ3) is 21.8. The Labute approximate surface area is 530 Å². The first kappa shape index (κ1) is 80.4. The van der Waals surface area contributed by atoms with Gasteiger partial charge in [0.1, 0.15) is 60.4 Å². The van der Waals surface area contributed by atoms with Crippen molar-refractivity contribution in [2.45, 2.75) is 229 Å². The number of hydrogen-bond acceptors (Lipinski definition) is 14. The molecule has 1 fully saturated rings. The van der Waals surface area contributed by atoms with Crippen LogP contribution < -0.4 is 21.3 Å². The van der Waals surface area contributed by atoms with Crippen LogP contribution in [0.3, 0.4) is 0 Å². The van der Waals surface area contributed by atoms with Gasteiger partial charge in [0.2, 0.25) is 65.1 Å². The van der Waals surface area contributed by atoms with Gasteiger partial charge in [-0.25, -0.2) is 4.79 Å².